The summed E-state index contributed by atoms with van der Waals surface area (Å²) in [6.45, 7) is 3.77. The topological polar surface area (TPSA) is 39.1 Å². The summed E-state index contributed by atoms with van der Waals surface area (Å²) in [5.41, 5.74) is 1.10. The average Bonchev–Trinajstić information content (AvgIpc) is 2.89. The number of halogens is 3. The van der Waals surface area contributed by atoms with Gasteiger partial charge in [-0.15, -0.1) is 0 Å². The third kappa shape index (κ3) is 4.30. The number of aromatic nitrogens is 2. The van der Waals surface area contributed by atoms with E-state index in [1.54, 1.807) is 20.9 Å². The summed E-state index contributed by atoms with van der Waals surface area (Å²) in [7, 11) is 1.65. The van der Waals surface area contributed by atoms with E-state index in [1.165, 1.54) is 4.68 Å². The van der Waals surface area contributed by atoms with Crippen molar-refractivity contribution in [1.82, 2.24) is 15.1 Å². The molecule has 4 nitrogen and oxygen atoms in total. The van der Waals surface area contributed by atoms with Crippen LogP contribution in [0, 0.1) is 13.8 Å². The first-order valence-corrected chi connectivity index (χ1v) is 9.20. The molecular formula is C21H24F3N3O. The fraction of sp³-hybridized carbons (Fsp3) is 0.381. The largest absolute Gasteiger partial charge is 0.493 e. The number of benzene rings is 2. The number of alkyl halides is 3. The van der Waals surface area contributed by atoms with E-state index in [0.717, 1.165) is 16.5 Å². The first-order chi connectivity index (χ1) is 13.3. The zero-order valence-electron chi connectivity index (χ0n) is 16.2. The van der Waals surface area contributed by atoms with Crippen LogP contribution in [0.2, 0.25) is 0 Å². The highest BCUT2D eigenvalue weighted by atomic mass is 19.4. The number of hydrogen-bond acceptors (Lipinski definition) is 3. The standard InChI is InChI=1S/C21H24F3N3O/c1-14-19(15(2)27(3)26-14)20(21(22,23)24)25-12-7-13-28-18-11-6-9-16-8-4-5-10-17(16)18/h4-6,8-11,20,25H,7,12-13H2,1-3H3. The van der Waals surface area contributed by atoms with Gasteiger partial charge in [0.05, 0.1) is 12.3 Å². The van der Waals surface area contributed by atoms with E-state index in [1.807, 2.05) is 42.5 Å². The number of fused-ring (bicyclic) bond motifs is 1. The van der Waals surface area contributed by atoms with Gasteiger partial charge in [-0.1, -0.05) is 36.4 Å². The minimum atomic E-state index is -4.39. The SMILES string of the molecule is Cc1nn(C)c(C)c1C(NCCCOc1cccc2ccccc12)C(F)(F)F. The predicted molar refractivity (Wildman–Crippen MR) is 104 cm³/mol. The van der Waals surface area contributed by atoms with Gasteiger partial charge in [-0.25, -0.2) is 0 Å². The van der Waals surface area contributed by atoms with Gasteiger partial charge in [0, 0.05) is 23.7 Å². The Hall–Kier alpha value is -2.54. The quantitative estimate of drug-likeness (QED) is 0.585. The second-order valence-electron chi connectivity index (χ2n) is 6.82. The Morgan fingerprint density at radius 3 is 2.50 bits per heavy atom. The van der Waals surface area contributed by atoms with Crippen molar-refractivity contribution < 1.29 is 17.9 Å². The van der Waals surface area contributed by atoms with Crippen molar-refractivity contribution in [3.8, 4) is 5.75 Å². The van der Waals surface area contributed by atoms with Crippen molar-refractivity contribution in [2.45, 2.75) is 32.5 Å². The van der Waals surface area contributed by atoms with Gasteiger partial charge in [-0.05, 0) is 38.3 Å². The highest BCUT2D eigenvalue weighted by molar-refractivity contribution is 5.88. The molecule has 0 aliphatic carbocycles. The van der Waals surface area contributed by atoms with Crippen LogP contribution in [-0.4, -0.2) is 29.1 Å². The molecule has 0 amide bonds. The van der Waals surface area contributed by atoms with Crippen LogP contribution in [0.15, 0.2) is 42.5 Å². The van der Waals surface area contributed by atoms with Crippen molar-refractivity contribution in [3.05, 3.63) is 59.4 Å². The normalized spacial score (nSPS) is 13.1. The second-order valence-corrected chi connectivity index (χ2v) is 6.82. The van der Waals surface area contributed by atoms with Gasteiger partial charge in [-0.3, -0.25) is 4.68 Å². The molecule has 28 heavy (non-hydrogen) atoms. The maximum absolute atomic E-state index is 13.6. The van der Waals surface area contributed by atoms with Crippen molar-refractivity contribution in [2.75, 3.05) is 13.2 Å². The number of hydrogen-bond donors (Lipinski definition) is 1. The molecular weight excluding hydrogens is 367 g/mol. The zero-order valence-corrected chi connectivity index (χ0v) is 16.2. The molecule has 1 unspecified atom stereocenters. The van der Waals surface area contributed by atoms with Crippen LogP contribution in [0.25, 0.3) is 10.8 Å². The number of aryl methyl sites for hydroxylation is 2. The molecule has 0 radical (unpaired) electrons. The molecule has 1 aromatic heterocycles. The lowest BCUT2D eigenvalue weighted by atomic mass is 10.0. The van der Waals surface area contributed by atoms with Gasteiger partial charge < -0.3 is 10.1 Å². The monoisotopic (exact) mass is 391 g/mol. The predicted octanol–water partition coefficient (Wildman–Crippen LogP) is 4.85. The van der Waals surface area contributed by atoms with Gasteiger partial charge in [0.25, 0.3) is 0 Å². The van der Waals surface area contributed by atoms with E-state index in [9.17, 15) is 13.2 Å². The van der Waals surface area contributed by atoms with Crippen LogP contribution >= 0.6 is 0 Å². The van der Waals surface area contributed by atoms with Gasteiger partial charge >= 0.3 is 6.18 Å². The second kappa shape index (κ2) is 8.22. The molecule has 0 spiro atoms. The fourth-order valence-corrected chi connectivity index (χ4v) is 3.41. The van der Waals surface area contributed by atoms with Crippen molar-refractivity contribution in [2.24, 2.45) is 7.05 Å². The summed E-state index contributed by atoms with van der Waals surface area (Å²) in [5.74, 6) is 0.740. The maximum atomic E-state index is 13.6. The van der Waals surface area contributed by atoms with Crippen molar-refractivity contribution >= 4 is 10.8 Å². The van der Waals surface area contributed by atoms with Gasteiger partial charge in [0.1, 0.15) is 11.8 Å². The molecule has 3 rings (SSSR count). The first kappa shape index (κ1) is 20.2. The molecule has 0 saturated carbocycles. The van der Waals surface area contributed by atoms with Crippen LogP contribution < -0.4 is 10.1 Å². The molecule has 1 heterocycles. The molecule has 0 saturated heterocycles. The van der Waals surface area contributed by atoms with Crippen molar-refractivity contribution in [3.63, 3.8) is 0 Å². The average molecular weight is 391 g/mol. The minimum Gasteiger partial charge on any atom is -0.493 e. The highest BCUT2D eigenvalue weighted by Gasteiger charge is 2.43. The number of nitrogens with one attached hydrogen (secondary N) is 1. The Morgan fingerprint density at radius 1 is 1.11 bits per heavy atom. The summed E-state index contributed by atoms with van der Waals surface area (Å²) in [6.07, 6.45) is -3.94. The van der Waals surface area contributed by atoms with Gasteiger partial charge in [0.2, 0.25) is 0 Å². The van der Waals surface area contributed by atoms with E-state index in [0.29, 0.717) is 24.4 Å². The van der Waals surface area contributed by atoms with E-state index < -0.39 is 12.2 Å². The molecule has 0 bridgehead atoms. The number of rotatable bonds is 7. The Bertz CT molecular complexity index is 944. The van der Waals surface area contributed by atoms with E-state index in [4.69, 9.17) is 4.74 Å². The number of ether oxygens (including phenoxy) is 1. The van der Waals surface area contributed by atoms with Crippen LogP contribution in [0.3, 0.4) is 0 Å². The maximum Gasteiger partial charge on any atom is 0.408 e. The Balaban J connectivity index is 1.61. The highest BCUT2D eigenvalue weighted by Crippen LogP contribution is 2.35. The minimum absolute atomic E-state index is 0.183. The summed E-state index contributed by atoms with van der Waals surface area (Å²) in [6, 6.07) is 11.9. The Kier molecular flexibility index (Phi) is 5.93. The van der Waals surface area contributed by atoms with E-state index in [-0.39, 0.29) is 12.1 Å². The van der Waals surface area contributed by atoms with Crippen LogP contribution in [0.5, 0.6) is 5.75 Å². The molecule has 0 aliphatic rings. The lowest BCUT2D eigenvalue weighted by molar-refractivity contribution is -0.158. The van der Waals surface area contributed by atoms with Crippen LogP contribution in [0.4, 0.5) is 13.2 Å². The Labute approximate surface area is 162 Å². The number of nitrogens with zero attached hydrogens (tertiary/aromatic N) is 2. The summed E-state index contributed by atoms with van der Waals surface area (Å²) < 4.78 is 48.1. The summed E-state index contributed by atoms with van der Waals surface area (Å²) in [5, 5.41) is 8.81. The first-order valence-electron chi connectivity index (χ1n) is 9.20. The molecule has 0 aliphatic heterocycles. The third-order valence-electron chi connectivity index (χ3n) is 4.86. The smallest absolute Gasteiger partial charge is 0.408 e. The molecule has 1 N–H and O–H groups in total. The van der Waals surface area contributed by atoms with E-state index in [2.05, 4.69) is 10.4 Å². The lowest BCUT2D eigenvalue weighted by Gasteiger charge is -2.22. The summed E-state index contributed by atoms with van der Waals surface area (Å²) in [4.78, 5) is 0. The van der Waals surface area contributed by atoms with Crippen LogP contribution in [-0.2, 0) is 7.05 Å². The van der Waals surface area contributed by atoms with Gasteiger partial charge in [-0.2, -0.15) is 18.3 Å². The molecule has 150 valence electrons. The molecule has 1 atom stereocenters. The lowest BCUT2D eigenvalue weighted by Crippen LogP contribution is -2.36. The fourth-order valence-electron chi connectivity index (χ4n) is 3.41. The summed E-state index contributed by atoms with van der Waals surface area (Å²) >= 11 is 0. The molecule has 7 heteroatoms. The van der Waals surface area contributed by atoms with Crippen molar-refractivity contribution in [1.29, 1.82) is 0 Å². The third-order valence-corrected chi connectivity index (χ3v) is 4.86. The van der Waals surface area contributed by atoms with E-state index >= 15 is 0 Å². The molecule has 2 aromatic carbocycles. The Morgan fingerprint density at radius 2 is 1.82 bits per heavy atom. The zero-order chi connectivity index (χ0) is 20.3. The molecule has 0 fully saturated rings. The van der Waals surface area contributed by atoms with Crippen LogP contribution in [0.1, 0.15) is 29.4 Å². The van der Waals surface area contributed by atoms with Gasteiger partial charge in [0.15, 0.2) is 0 Å². The molecule has 3 aromatic rings.